The van der Waals surface area contributed by atoms with Crippen LogP contribution in [0.1, 0.15) is 12.0 Å². The molecule has 1 aliphatic rings. The lowest BCUT2D eigenvalue weighted by Gasteiger charge is -2.21. The summed E-state index contributed by atoms with van der Waals surface area (Å²) in [4.78, 5) is 2.49. The van der Waals surface area contributed by atoms with Gasteiger partial charge in [0.1, 0.15) is 0 Å². The Morgan fingerprint density at radius 2 is 1.89 bits per heavy atom. The number of likely N-dealkylation sites (N-methyl/N-ethyl adjacent to an activating group) is 1. The van der Waals surface area contributed by atoms with Crippen molar-refractivity contribution >= 4 is 15.7 Å². The molecule has 1 heterocycles. The van der Waals surface area contributed by atoms with Crippen LogP contribution in [0.2, 0.25) is 0 Å². The van der Waals surface area contributed by atoms with Crippen molar-refractivity contribution in [2.45, 2.75) is 18.2 Å². The Kier molecular flexibility index (Phi) is 4.13. The highest BCUT2D eigenvalue weighted by Crippen LogP contribution is 2.24. The van der Waals surface area contributed by atoms with Gasteiger partial charge < -0.3 is 10.6 Å². The van der Waals surface area contributed by atoms with Crippen LogP contribution in [-0.4, -0.2) is 50.8 Å². The summed E-state index contributed by atoms with van der Waals surface area (Å²) < 4.78 is 26.9. The van der Waals surface area contributed by atoms with Gasteiger partial charge in [-0.25, -0.2) is 8.42 Å². The number of benzene rings is 1. The van der Waals surface area contributed by atoms with Crippen molar-refractivity contribution in [3.63, 3.8) is 0 Å². The normalized spacial score (nSPS) is 19.3. The van der Waals surface area contributed by atoms with Gasteiger partial charge in [-0.2, -0.15) is 4.31 Å². The molecule has 1 aromatic carbocycles. The number of sulfonamides is 1. The van der Waals surface area contributed by atoms with E-state index in [1.54, 1.807) is 29.4 Å². The van der Waals surface area contributed by atoms with E-state index in [1.165, 1.54) is 0 Å². The molecule has 106 valence electrons. The molecule has 1 aliphatic heterocycles. The van der Waals surface area contributed by atoms with Gasteiger partial charge in [-0.3, -0.25) is 0 Å². The van der Waals surface area contributed by atoms with Crippen molar-refractivity contribution in [2.75, 3.05) is 39.0 Å². The standard InChI is InChI=1S/C13H21N3O2S/c1-11-12(14)5-3-6-13(11)19(17,18)16-8-4-7-15(2)9-10-16/h3,5-6H,4,7-10,14H2,1-2H3. The van der Waals surface area contributed by atoms with E-state index >= 15 is 0 Å². The van der Waals surface area contributed by atoms with E-state index in [0.29, 0.717) is 29.2 Å². The predicted octanol–water partition coefficient (Wildman–Crippen LogP) is 0.903. The molecule has 1 fully saturated rings. The van der Waals surface area contributed by atoms with Crippen LogP contribution in [0.5, 0.6) is 0 Å². The van der Waals surface area contributed by atoms with Crippen molar-refractivity contribution in [3.8, 4) is 0 Å². The fourth-order valence-corrected chi connectivity index (χ4v) is 4.04. The second-order valence-electron chi connectivity index (χ2n) is 5.03. The van der Waals surface area contributed by atoms with Crippen LogP contribution in [-0.2, 0) is 10.0 Å². The molecule has 1 aromatic rings. The summed E-state index contributed by atoms with van der Waals surface area (Å²) in [6, 6.07) is 5.05. The van der Waals surface area contributed by atoms with Crippen LogP contribution in [0.15, 0.2) is 23.1 Å². The van der Waals surface area contributed by atoms with Gasteiger partial charge >= 0.3 is 0 Å². The van der Waals surface area contributed by atoms with E-state index in [4.69, 9.17) is 5.73 Å². The number of anilines is 1. The van der Waals surface area contributed by atoms with Gasteiger partial charge in [-0.15, -0.1) is 0 Å². The molecular formula is C13H21N3O2S. The van der Waals surface area contributed by atoms with Crippen molar-refractivity contribution in [2.24, 2.45) is 0 Å². The maximum absolute atomic E-state index is 12.7. The maximum atomic E-state index is 12.7. The van der Waals surface area contributed by atoms with Crippen LogP contribution < -0.4 is 5.73 Å². The first-order valence-electron chi connectivity index (χ1n) is 6.46. The molecule has 0 spiro atoms. The van der Waals surface area contributed by atoms with Gasteiger partial charge in [-0.05, 0) is 44.6 Å². The molecular weight excluding hydrogens is 262 g/mol. The lowest BCUT2D eigenvalue weighted by atomic mass is 10.2. The van der Waals surface area contributed by atoms with Gasteiger partial charge in [0.25, 0.3) is 0 Å². The molecule has 0 atom stereocenters. The zero-order valence-corrected chi connectivity index (χ0v) is 12.3. The molecule has 0 amide bonds. The summed E-state index contributed by atoms with van der Waals surface area (Å²) in [5, 5.41) is 0. The minimum absolute atomic E-state index is 0.331. The smallest absolute Gasteiger partial charge is 0.243 e. The van der Waals surface area contributed by atoms with Gasteiger partial charge in [0.05, 0.1) is 4.90 Å². The molecule has 0 radical (unpaired) electrons. The summed E-state index contributed by atoms with van der Waals surface area (Å²) in [6.45, 7) is 4.56. The molecule has 19 heavy (non-hydrogen) atoms. The quantitative estimate of drug-likeness (QED) is 0.819. The minimum Gasteiger partial charge on any atom is -0.398 e. The predicted molar refractivity (Wildman–Crippen MR) is 76.5 cm³/mol. The summed E-state index contributed by atoms with van der Waals surface area (Å²) in [5.41, 5.74) is 6.97. The zero-order chi connectivity index (χ0) is 14.0. The number of hydrogen-bond acceptors (Lipinski definition) is 4. The van der Waals surface area contributed by atoms with E-state index in [2.05, 4.69) is 4.90 Å². The van der Waals surface area contributed by atoms with Gasteiger partial charge in [0, 0.05) is 25.3 Å². The van der Waals surface area contributed by atoms with E-state index in [0.717, 1.165) is 19.5 Å². The van der Waals surface area contributed by atoms with Gasteiger partial charge in [-0.1, -0.05) is 6.07 Å². The third-order valence-electron chi connectivity index (χ3n) is 3.62. The Hall–Kier alpha value is -1.11. The SMILES string of the molecule is Cc1c(N)cccc1S(=O)(=O)N1CCCN(C)CC1. The van der Waals surface area contributed by atoms with Crippen molar-refractivity contribution in [1.82, 2.24) is 9.21 Å². The molecule has 6 heteroatoms. The highest BCUT2D eigenvalue weighted by molar-refractivity contribution is 7.89. The first-order valence-corrected chi connectivity index (χ1v) is 7.90. The molecule has 0 saturated carbocycles. The number of nitrogen functional groups attached to an aromatic ring is 1. The lowest BCUT2D eigenvalue weighted by molar-refractivity contribution is 0.347. The number of rotatable bonds is 2. The Labute approximate surface area is 115 Å². The van der Waals surface area contributed by atoms with Crippen LogP contribution >= 0.6 is 0 Å². The number of nitrogens with zero attached hydrogens (tertiary/aromatic N) is 2. The average Bonchev–Trinajstić information content (AvgIpc) is 2.57. The fraction of sp³-hybridized carbons (Fsp3) is 0.538. The molecule has 1 saturated heterocycles. The first kappa shape index (κ1) is 14.3. The Morgan fingerprint density at radius 3 is 2.63 bits per heavy atom. The van der Waals surface area contributed by atoms with Crippen LogP contribution in [0, 0.1) is 6.92 Å². The maximum Gasteiger partial charge on any atom is 0.243 e. The van der Waals surface area contributed by atoms with Crippen molar-refractivity contribution in [1.29, 1.82) is 0 Å². The lowest BCUT2D eigenvalue weighted by Crippen LogP contribution is -2.34. The molecule has 0 bridgehead atoms. The Morgan fingerprint density at radius 1 is 1.16 bits per heavy atom. The van der Waals surface area contributed by atoms with Crippen LogP contribution in [0.25, 0.3) is 0 Å². The zero-order valence-electron chi connectivity index (χ0n) is 11.5. The fourth-order valence-electron chi connectivity index (χ4n) is 2.31. The summed E-state index contributed by atoms with van der Waals surface area (Å²) in [5.74, 6) is 0. The third kappa shape index (κ3) is 2.91. The molecule has 0 aromatic heterocycles. The van der Waals surface area contributed by atoms with E-state index < -0.39 is 10.0 Å². The van der Waals surface area contributed by atoms with E-state index in [9.17, 15) is 8.42 Å². The molecule has 5 nitrogen and oxygen atoms in total. The van der Waals surface area contributed by atoms with Crippen LogP contribution in [0.3, 0.4) is 0 Å². The second kappa shape index (κ2) is 5.48. The topological polar surface area (TPSA) is 66.6 Å². The second-order valence-corrected chi connectivity index (χ2v) is 6.94. The van der Waals surface area contributed by atoms with E-state index in [1.807, 2.05) is 7.05 Å². The monoisotopic (exact) mass is 283 g/mol. The third-order valence-corrected chi connectivity index (χ3v) is 5.67. The van der Waals surface area contributed by atoms with Crippen molar-refractivity contribution < 1.29 is 8.42 Å². The highest BCUT2D eigenvalue weighted by Gasteiger charge is 2.27. The van der Waals surface area contributed by atoms with Gasteiger partial charge in [0.15, 0.2) is 0 Å². The highest BCUT2D eigenvalue weighted by atomic mass is 32.2. The van der Waals surface area contributed by atoms with Crippen molar-refractivity contribution in [3.05, 3.63) is 23.8 Å². The minimum atomic E-state index is -3.44. The average molecular weight is 283 g/mol. The molecule has 2 rings (SSSR count). The Balaban J connectivity index is 2.34. The summed E-state index contributed by atoms with van der Waals surface area (Å²) >= 11 is 0. The number of nitrogens with two attached hydrogens (primary N) is 1. The molecule has 0 aliphatic carbocycles. The Bertz CT molecular complexity index is 557. The number of hydrogen-bond donors (Lipinski definition) is 1. The van der Waals surface area contributed by atoms with Crippen LogP contribution in [0.4, 0.5) is 5.69 Å². The van der Waals surface area contributed by atoms with Gasteiger partial charge in [0.2, 0.25) is 10.0 Å². The largest absolute Gasteiger partial charge is 0.398 e. The summed E-state index contributed by atoms with van der Waals surface area (Å²) in [6.07, 6.45) is 0.858. The summed E-state index contributed by atoms with van der Waals surface area (Å²) in [7, 11) is -1.42. The molecule has 0 unspecified atom stereocenters. The van der Waals surface area contributed by atoms with E-state index in [-0.39, 0.29) is 0 Å². The molecule has 2 N–H and O–H groups in total. The first-order chi connectivity index (χ1) is 8.93.